The monoisotopic (exact) mass is 350 g/mol. The quantitative estimate of drug-likeness (QED) is 0.547. The molecule has 8 heteroatoms. The van der Waals surface area contributed by atoms with E-state index in [9.17, 15) is 8.78 Å². The standard InChI is InChI=1S/C15H12F2N4S2/c16-13(17)14-19-20-15(22)21(14)18-9-12-7-6-11(23-12)8-10-4-2-1-3-5-10/h1-7,9,13H,8H2,(H,20,22)/b18-9+. The lowest BCUT2D eigenvalue weighted by molar-refractivity contribution is 0.136. The van der Waals surface area contributed by atoms with Crippen molar-refractivity contribution >= 4 is 29.8 Å². The van der Waals surface area contributed by atoms with Crippen molar-refractivity contribution in [2.24, 2.45) is 5.10 Å². The van der Waals surface area contributed by atoms with Crippen LogP contribution in [0.2, 0.25) is 0 Å². The molecule has 1 N–H and O–H groups in total. The Morgan fingerprint density at radius 3 is 2.78 bits per heavy atom. The third kappa shape index (κ3) is 3.77. The molecule has 0 fully saturated rings. The van der Waals surface area contributed by atoms with E-state index in [1.165, 1.54) is 16.7 Å². The molecule has 3 rings (SSSR count). The second-order valence-corrected chi connectivity index (χ2v) is 6.30. The molecule has 0 saturated carbocycles. The van der Waals surface area contributed by atoms with E-state index in [4.69, 9.17) is 12.2 Å². The molecule has 2 heterocycles. The molecule has 0 saturated heterocycles. The number of hydrogen-bond donors (Lipinski definition) is 1. The molecule has 4 nitrogen and oxygen atoms in total. The number of aromatic amines is 1. The molecule has 0 aliphatic rings. The lowest BCUT2D eigenvalue weighted by Crippen LogP contribution is -1.98. The Balaban J connectivity index is 1.77. The maximum Gasteiger partial charge on any atom is 0.299 e. The minimum absolute atomic E-state index is 0.0395. The summed E-state index contributed by atoms with van der Waals surface area (Å²) in [4.78, 5) is 2.03. The van der Waals surface area contributed by atoms with Gasteiger partial charge in [-0.15, -0.1) is 11.3 Å². The highest BCUT2D eigenvalue weighted by molar-refractivity contribution is 7.71. The van der Waals surface area contributed by atoms with Gasteiger partial charge in [-0.1, -0.05) is 30.3 Å². The van der Waals surface area contributed by atoms with Gasteiger partial charge in [0.1, 0.15) is 0 Å². The summed E-state index contributed by atoms with van der Waals surface area (Å²) in [6.45, 7) is 0. The van der Waals surface area contributed by atoms with Crippen molar-refractivity contribution in [3.63, 3.8) is 0 Å². The number of aromatic nitrogens is 3. The fraction of sp³-hybridized carbons (Fsp3) is 0.133. The van der Waals surface area contributed by atoms with Crippen molar-refractivity contribution in [2.75, 3.05) is 0 Å². The molecule has 1 aromatic carbocycles. The Hall–Kier alpha value is -2.19. The van der Waals surface area contributed by atoms with Gasteiger partial charge in [-0.05, 0) is 29.9 Å². The highest BCUT2D eigenvalue weighted by atomic mass is 32.1. The Morgan fingerprint density at radius 2 is 2.04 bits per heavy atom. The van der Waals surface area contributed by atoms with E-state index in [0.29, 0.717) is 0 Å². The summed E-state index contributed by atoms with van der Waals surface area (Å²) < 4.78 is 26.6. The van der Waals surface area contributed by atoms with Crippen molar-refractivity contribution in [3.05, 3.63) is 68.4 Å². The SMILES string of the molecule is FC(F)c1n[nH]c(=S)n1/N=C/c1ccc(Cc2ccccc2)s1. The van der Waals surface area contributed by atoms with Crippen LogP contribution in [-0.2, 0) is 6.42 Å². The number of hydrogen-bond acceptors (Lipinski definition) is 4. The summed E-state index contributed by atoms with van der Waals surface area (Å²) >= 11 is 6.46. The van der Waals surface area contributed by atoms with E-state index in [0.717, 1.165) is 16.0 Å². The van der Waals surface area contributed by atoms with Gasteiger partial charge in [0.25, 0.3) is 6.43 Å². The number of benzene rings is 1. The molecular formula is C15H12F2N4S2. The van der Waals surface area contributed by atoms with Gasteiger partial charge in [-0.2, -0.15) is 14.9 Å². The van der Waals surface area contributed by atoms with Crippen LogP contribution in [0.4, 0.5) is 8.78 Å². The van der Waals surface area contributed by atoms with Crippen molar-refractivity contribution in [2.45, 2.75) is 12.8 Å². The third-order valence-corrected chi connectivity index (χ3v) is 4.36. The van der Waals surface area contributed by atoms with Crippen LogP contribution in [0.3, 0.4) is 0 Å². The lowest BCUT2D eigenvalue weighted by Gasteiger charge is -1.98. The van der Waals surface area contributed by atoms with Crippen LogP contribution in [0.25, 0.3) is 0 Å². The van der Waals surface area contributed by atoms with E-state index >= 15 is 0 Å². The zero-order valence-electron chi connectivity index (χ0n) is 11.8. The topological polar surface area (TPSA) is 46.0 Å². The predicted octanol–water partition coefficient (Wildman–Crippen LogP) is 4.41. The lowest BCUT2D eigenvalue weighted by atomic mass is 10.1. The molecule has 0 unspecified atom stereocenters. The summed E-state index contributed by atoms with van der Waals surface area (Å²) in [5.41, 5.74) is 1.22. The van der Waals surface area contributed by atoms with Crippen LogP contribution in [0.15, 0.2) is 47.6 Å². The molecule has 0 bridgehead atoms. The number of thiophene rings is 1. The molecular weight excluding hydrogens is 338 g/mol. The van der Waals surface area contributed by atoms with Gasteiger partial charge >= 0.3 is 0 Å². The van der Waals surface area contributed by atoms with Crippen LogP contribution >= 0.6 is 23.6 Å². The number of nitrogens with one attached hydrogen (secondary N) is 1. The molecule has 0 amide bonds. The fourth-order valence-electron chi connectivity index (χ4n) is 2.03. The molecule has 118 valence electrons. The first kappa shape index (κ1) is 15.7. The smallest absolute Gasteiger partial charge is 0.250 e. The van der Waals surface area contributed by atoms with Gasteiger partial charge in [0, 0.05) is 16.2 Å². The van der Waals surface area contributed by atoms with E-state index in [1.807, 2.05) is 30.3 Å². The van der Waals surface area contributed by atoms with Crippen LogP contribution < -0.4 is 0 Å². The van der Waals surface area contributed by atoms with Gasteiger partial charge in [0.15, 0.2) is 0 Å². The van der Waals surface area contributed by atoms with Crippen molar-refractivity contribution in [3.8, 4) is 0 Å². The Morgan fingerprint density at radius 1 is 1.26 bits per heavy atom. The fourth-order valence-corrected chi connectivity index (χ4v) is 3.13. The van der Waals surface area contributed by atoms with E-state index < -0.39 is 12.2 Å². The first-order valence-corrected chi connectivity index (χ1v) is 7.98. The van der Waals surface area contributed by atoms with Crippen LogP contribution in [-0.4, -0.2) is 21.1 Å². The highest BCUT2D eigenvalue weighted by Gasteiger charge is 2.15. The molecule has 0 spiro atoms. The Labute approximate surface area is 140 Å². The summed E-state index contributed by atoms with van der Waals surface area (Å²) in [7, 11) is 0. The van der Waals surface area contributed by atoms with Crippen LogP contribution in [0.5, 0.6) is 0 Å². The molecule has 2 aromatic heterocycles. The normalized spacial score (nSPS) is 11.6. The second kappa shape index (κ2) is 6.93. The van der Waals surface area contributed by atoms with Gasteiger partial charge in [-0.25, -0.2) is 13.9 Å². The Bertz CT molecular complexity index is 865. The van der Waals surface area contributed by atoms with E-state index in [2.05, 4.69) is 27.4 Å². The zero-order valence-corrected chi connectivity index (χ0v) is 13.5. The zero-order chi connectivity index (χ0) is 16.2. The van der Waals surface area contributed by atoms with Gasteiger partial charge in [0.2, 0.25) is 10.6 Å². The van der Waals surface area contributed by atoms with Crippen LogP contribution in [0.1, 0.15) is 27.6 Å². The Kier molecular flexibility index (Phi) is 4.73. The maximum absolute atomic E-state index is 12.8. The highest BCUT2D eigenvalue weighted by Crippen LogP contribution is 2.19. The summed E-state index contributed by atoms with van der Waals surface area (Å²) in [6, 6.07) is 14.0. The van der Waals surface area contributed by atoms with Crippen LogP contribution in [0, 0.1) is 4.77 Å². The minimum Gasteiger partial charge on any atom is -0.250 e. The summed E-state index contributed by atoms with van der Waals surface area (Å²) in [6.07, 6.45) is -0.402. The molecule has 0 aliphatic heterocycles. The van der Waals surface area contributed by atoms with E-state index in [1.54, 1.807) is 11.3 Å². The number of nitrogens with zero attached hydrogens (tertiary/aromatic N) is 3. The third-order valence-electron chi connectivity index (χ3n) is 3.07. The number of H-pyrrole nitrogens is 1. The predicted molar refractivity (Wildman–Crippen MR) is 88.9 cm³/mol. The first-order chi connectivity index (χ1) is 11.1. The molecule has 3 aromatic rings. The number of halogens is 2. The van der Waals surface area contributed by atoms with Gasteiger partial charge in [-0.3, -0.25) is 0 Å². The van der Waals surface area contributed by atoms with Crippen molar-refractivity contribution in [1.29, 1.82) is 0 Å². The summed E-state index contributed by atoms with van der Waals surface area (Å²) in [5, 5.41) is 9.79. The van der Waals surface area contributed by atoms with Crippen molar-refractivity contribution < 1.29 is 8.78 Å². The summed E-state index contributed by atoms with van der Waals surface area (Å²) in [5.74, 6) is -0.493. The molecule has 0 radical (unpaired) electrons. The molecule has 0 aliphatic carbocycles. The molecule has 23 heavy (non-hydrogen) atoms. The maximum atomic E-state index is 12.8. The molecule has 0 atom stereocenters. The average Bonchev–Trinajstić information content (AvgIpc) is 3.13. The number of alkyl halides is 2. The number of rotatable bonds is 5. The minimum atomic E-state index is -2.74. The van der Waals surface area contributed by atoms with Gasteiger partial charge in [0.05, 0.1) is 6.21 Å². The first-order valence-electron chi connectivity index (χ1n) is 6.76. The second-order valence-electron chi connectivity index (χ2n) is 4.71. The average molecular weight is 350 g/mol. The largest absolute Gasteiger partial charge is 0.299 e. The van der Waals surface area contributed by atoms with Gasteiger partial charge < -0.3 is 0 Å². The van der Waals surface area contributed by atoms with Crippen molar-refractivity contribution in [1.82, 2.24) is 14.9 Å². The van der Waals surface area contributed by atoms with E-state index in [-0.39, 0.29) is 4.77 Å².